The van der Waals surface area contributed by atoms with Crippen LogP contribution in [0.3, 0.4) is 0 Å². The number of piperazine rings is 1. The zero-order valence-electron chi connectivity index (χ0n) is 12.0. The lowest BCUT2D eigenvalue weighted by Gasteiger charge is -2.32. The van der Waals surface area contributed by atoms with Crippen LogP contribution >= 0.6 is 0 Å². The summed E-state index contributed by atoms with van der Waals surface area (Å²) in [6.45, 7) is 4.14. The molecule has 0 radical (unpaired) electrons. The fourth-order valence-electron chi connectivity index (χ4n) is 2.51. The molecule has 1 aromatic heterocycles. The van der Waals surface area contributed by atoms with Gasteiger partial charge in [0.05, 0.1) is 7.11 Å². The van der Waals surface area contributed by atoms with Gasteiger partial charge in [0, 0.05) is 43.1 Å². The molecule has 1 aliphatic rings. The van der Waals surface area contributed by atoms with Crippen molar-refractivity contribution in [3.63, 3.8) is 0 Å². The van der Waals surface area contributed by atoms with Crippen LogP contribution < -0.4 is 10.2 Å². The molecule has 1 N–H and O–H groups in total. The maximum atomic E-state index is 5.41. The SMILES string of the molecule is COc1cccc2c(NN3CCN(C)CC3)nccc12. The maximum Gasteiger partial charge on any atom is 0.148 e. The van der Waals surface area contributed by atoms with Gasteiger partial charge in [-0.05, 0) is 19.2 Å². The van der Waals surface area contributed by atoms with Crippen LogP contribution in [0.5, 0.6) is 5.75 Å². The summed E-state index contributed by atoms with van der Waals surface area (Å²) in [4.78, 5) is 6.80. The summed E-state index contributed by atoms with van der Waals surface area (Å²) < 4.78 is 5.41. The van der Waals surface area contributed by atoms with E-state index in [1.807, 2.05) is 24.4 Å². The Kier molecular flexibility index (Phi) is 3.71. The van der Waals surface area contributed by atoms with Crippen molar-refractivity contribution >= 4 is 16.6 Å². The number of methoxy groups -OCH3 is 1. The van der Waals surface area contributed by atoms with Gasteiger partial charge in [0.25, 0.3) is 0 Å². The van der Waals surface area contributed by atoms with Crippen molar-refractivity contribution in [1.82, 2.24) is 14.9 Å². The van der Waals surface area contributed by atoms with Gasteiger partial charge in [-0.15, -0.1) is 0 Å². The van der Waals surface area contributed by atoms with Crippen LogP contribution in [-0.4, -0.2) is 55.2 Å². The highest BCUT2D eigenvalue weighted by atomic mass is 16.5. The van der Waals surface area contributed by atoms with Crippen molar-refractivity contribution in [3.05, 3.63) is 30.5 Å². The molecule has 1 aliphatic heterocycles. The first kappa shape index (κ1) is 13.1. The Morgan fingerprint density at radius 2 is 1.90 bits per heavy atom. The van der Waals surface area contributed by atoms with Crippen LogP contribution in [0, 0.1) is 0 Å². The predicted octanol–water partition coefficient (Wildman–Crippen LogP) is 1.82. The minimum Gasteiger partial charge on any atom is -0.496 e. The second-order valence-corrected chi connectivity index (χ2v) is 5.12. The Morgan fingerprint density at radius 3 is 2.65 bits per heavy atom. The number of anilines is 1. The summed E-state index contributed by atoms with van der Waals surface area (Å²) in [5, 5.41) is 4.40. The average Bonchev–Trinajstić information content (AvgIpc) is 2.49. The van der Waals surface area contributed by atoms with Crippen LogP contribution in [-0.2, 0) is 0 Å². The van der Waals surface area contributed by atoms with E-state index >= 15 is 0 Å². The zero-order chi connectivity index (χ0) is 13.9. The third-order valence-corrected chi connectivity index (χ3v) is 3.75. The largest absolute Gasteiger partial charge is 0.496 e. The highest BCUT2D eigenvalue weighted by Gasteiger charge is 2.15. The van der Waals surface area contributed by atoms with E-state index in [1.165, 1.54) is 0 Å². The lowest BCUT2D eigenvalue weighted by Crippen LogP contribution is -2.47. The highest BCUT2D eigenvalue weighted by molar-refractivity contribution is 5.95. The molecule has 0 saturated carbocycles. The number of ether oxygens (including phenoxy) is 1. The van der Waals surface area contributed by atoms with Gasteiger partial charge in [-0.1, -0.05) is 12.1 Å². The maximum absolute atomic E-state index is 5.41. The van der Waals surface area contributed by atoms with Gasteiger partial charge >= 0.3 is 0 Å². The van der Waals surface area contributed by atoms with E-state index in [0.717, 1.165) is 48.5 Å². The minimum absolute atomic E-state index is 0.881. The molecule has 0 unspecified atom stereocenters. The monoisotopic (exact) mass is 272 g/mol. The topological polar surface area (TPSA) is 40.6 Å². The lowest BCUT2D eigenvalue weighted by atomic mass is 10.1. The Balaban J connectivity index is 1.88. The Hall–Kier alpha value is -1.85. The number of likely N-dealkylation sites (N-methyl/N-ethyl adjacent to an activating group) is 1. The average molecular weight is 272 g/mol. The lowest BCUT2D eigenvalue weighted by molar-refractivity contribution is 0.178. The summed E-state index contributed by atoms with van der Waals surface area (Å²) in [5.74, 6) is 1.78. The van der Waals surface area contributed by atoms with Crippen LogP contribution in [0.1, 0.15) is 0 Å². The first-order valence-corrected chi connectivity index (χ1v) is 6.90. The molecule has 1 saturated heterocycles. The smallest absolute Gasteiger partial charge is 0.148 e. The molecule has 2 aromatic rings. The third-order valence-electron chi connectivity index (χ3n) is 3.75. The molecule has 0 bridgehead atoms. The molecule has 1 fully saturated rings. The van der Waals surface area contributed by atoms with E-state index in [0.29, 0.717) is 0 Å². The Bertz CT molecular complexity index is 593. The number of rotatable bonds is 3. The molecular formula is C15H20N4O. The summed E-state index contributed by atoms with van der Waals surface area (Å²) in [5.41, 5.74) is 3.44. The number of benzene rings is 1. The fraction of sp³-hybridized carbons (Fsp3) is 0.400. The number of hydrogen-bond donors (Lipinski definition) is 1. The number of fused-ring (bicyclic) bond motifs is 1. The van der Waals surface area contributed by atoms with Gasteiger partial charge in [0.2, 0.25) is 0 Å². The van der Waals surface area contributed by atoms with Gasteiger partial charge in [0.15, 0.2) is 0 Å². The number of pyridine rings is 1. The van der Waals surface area contributed by atoms with Crippen LogP contribution in [0.2, 0.25) is 0 Å². The van der Waals surface area contributed by atoms with E-state index in [9.17, 15) is 0 Å². The molecule has 2 heterocycles. The first-order valence-electron chi connectivity index (χ1n) is 6.90. The normalized spacial score (nSPS) is 17.3. The molecule has 0 aliphatic carbocycles. The second-order valence-electron chi connectivity index (χ2n) is 5.12. The van der Waals surface area contributed by atoms with Crippen molar-refractivity contribution in [3.8, 4) is 5.75 Å². The number of aromatic nitrogens is 1. The molecule has 5 nitrogen and oxygen atoms in total. The quantitative estimate of drug-likeness (QED) is 0.923. The van der Waals surface area contributed by atoms with Gasteiger partial charge < -0.3 is 15.1 Å². The fourth-order valence-corrected chi connectivity index (χ4v) is 2.51. The van der Waals surface area contributed by atoms with Crippen LogP contribution in [0.4, 0.5) is 5.82 Å². The third kappa shape index (κ3) is 2.55. The summed E-state index contributed by atoms with van der Waals surface area (Å²) in [6, 6.07) is 8.03. The summed E-state index contributed by atoms with van der Waals surface area (Å²) in [7, 11) is 3.85. The molecule has 0 spiro atoms. The van der Waals surface area contributed by atoms with Crippen molar-refractivity contribution in [1.29, 1.82) is 0 Å². The summed E-state index contributed by atoms with van der Waals surface area (Å²) in [6.07, 6.45) is 1.82. The number of hydrogen-bond acceptors (Lipinski definition) is 5. The van der Waals surface area contributed by atoms with Gasteiger partial charge in [-0.3, -0.25) is 0 Å². The standard InChI is InChI=1S/C15H20N4O/c1-18-8-10-19(11-9-18)17-15-13-4-3-5-14(20-2)12(13)6-7-16-15/h3-7H,8-11H2,1-2H3,(H,16,17). The number of nitrogens with zero attached hydrogens (tertiary/aromatic N) is 3. The van der Waals surface area contributed by atoms with E-state index in [1.54, 1.807) is 7.11 Å². The van der Waals surface area contributed by atoms with Crippen molar-refractivity contribution < 1.29 is 4.74 Å². The molecule has 0 amide bonds. The molecule has 106 valence electrons. The van der Waals surface area contributed by atoms with Crippen LogP contribution in [0.25, 0.3) is 10.8 Å². The Morgan fingerprint density at radius 1 is 1.10 bits per heavy atom. The van der Waals surface area contributed by atoms with Crippen molar-refractivity contribution in [2.24, 2.45) is 0 Å². The number of hydrazine groups is 1. The van der Waals surface area contributed by atoms with E-state index < -0.39 is 0 Å². The second kappa shape index (κ2) is 5.64. The molecule has 1 aromatic carbocycles. The minimum atomic E-state index is 0.881. The molecule has 3 rings (SSSR count). The number of nitrogens with one attached hydrogen (secondary N) is 1. The van der Waals surface area contributed by atoms with Crippen molar-refractivity contribution in [2.45, 2.75) is 0 Å². The molecule has 20 heavy (non-hydrogen) atoms. The Labute approximate surface area is 119 Å². The highest BCUT2D eigenvalue weighted by Crippen LogP contribution is 2.29. The van der Waals surface area contributed by atoms with E-state index in [2.05, 4.69) is 33.4 Å². The van der Waals surface area contributed by atoms with Gasteiger partial charge in [-0.25, -0.2) is 9.99 Å². The van der Waals surface area contributed by atoms with Gasteiger partial charge in [0.1, 0.15) is 11.6 Å². The van der Waals surface area contributed by atoms with E-state index in [4.69, 9.17) is 4.74 Å². The predicted molar refractivity (Wildman–Crippen MR) is 81.0 cm³/mol. The summed E-state index contributed by atoms with van der Waals surface area (Å²) >= 11 is 0. The first-order chi connectivity index (χ1) is 9.78. The molecule has 5 heteroatoms. The van der Waals surface area contributed by atoms with Gasteiger partial charge in [-0.2, -0.15) is 0 Å². The van der Waals surface area contributed by atoms with Crippen LogP contribution in [0.15, 0.2) is 30.5 Å². The molecular weight excluding hydrogens is 252 g/mol. The van der Waals surface area contributed by atoms with E-state index in [-0.39, 0.29) is 0 Å². The van der Waals surface area contributed by atoms with Crippen molar-refractivity contribution in [2.75, 3.05) is 45.8 Å². The zero-order valence-corrected chi connectivity index (χ0v) is 12.0. The molecule has 0 atom stereocenters.